The van der Waals surface area contributed by atoms with E-state index < -0.39 is 0 Å². The zero-order valence-corrected chi connectivity index (χ0v) is 13.9. The average molecular weight is 304 g/mol. The van der Waals surface area contributed by atoms with Gasteiger partial charge in [-0.2, -0.15) is 11.8 Å². The number of thioether (sulfide) groups is 1. The molecule has 0 spiro atoms. The highest BCUT2D eigenvalue weighted by molar-refractivity contribution is 7.99. The predicted molar refractivity (Wildman–Crippen MR) is 94.0 cm³/mol. The summed E-state index contributed by atoms with van der Waals surface area (Å²) < 4.78 is 0. The number of hydrogen-bond acceptors (Lipinski definition) is 2. The van der Waals surface area contributed by atoms with Crippen LogP contribution in [0.1, 0.15) is 68.4 Å². The van der Waals surface area contributed by atoms with E-state index >= 15 is 0 Å². The number of aryl methyl sites for hydroxylation is 1. The first-order valence-electron chi connectivity index (χ1n) is 8.78. The van der Waals surface area contributed by atoms with Crippen molar-refractivity contribution < 1.29 is 0 Å². The summed E-state index contributed by atoms with van der Waals surface area (Å²) in [6.45, 7) is 0. The third kappa shape index (κ3) is 4.26. The van der Waals surface area contributed by atoms with E-state index in [1.807, 2.05) is 0 Å². The van der Waals surface area contributed by atoms with Crippen LogP contribution in [0.4, 0.5) is 0 Å². The smallest absolute Gasteiger partial charge is 0.0136 e. The van der Waals surface area contributed by atoms with Gasteiger partial charge >= 0.3 is 0 Å². The van der Waals surface area contributed by atoms with Gasteiger partial charge in [-0.3, -0.25) is 0 Å². The summed E-state index contributed by atoms with van der Waals surface area (Å²) in [6.07, 6.45) is 12.3. The molecule has 2 unspecified atom stereocenters. The van der Waals surface area contributed by atoms with Crippen molar-refractivity contribution in [3.05, 3.63) is 35.4 Å². The van der Waals surface area contributed by atoms with Crippen molar-refractivity contribution in [1.82, 2.24) is 0 Å². The van der Waals surface area contributed by atoms with Gasteiger partial charge in [-0.25, -0.2) is 0 Å². The van der Waals surface area contributed by atoms with E-state index in [9.17, 15) is 0 Å². The molecule has 0 saturated heterocycles. The van der Waals surface area contributed by atoms with Crippen LogP contribution in [0.5, 0.6) is 0 Å². The Kier molecular flexibility index (Phi) is 5.65. The zero-order chi connectivity index (χ0) is 14.5. The van der Waals surface area contributed by atoms with Gasteiger partial charge in [0, 0.05) is 17.0 Å². The molecule has 21 heavy (non-hydrogen) atoms. The van der Waals surface area contributed by atoms with E-state index in [0.717, 1.165) is 11.0 Å². The summed E-state index contributed by atoms with van der Waals surface area (Å²) >= 11 is 2.15. The number of benzene rings is 1. The fourth-order valence-electron chi connectivity index (χ4n) is 4.02. The third-order valence-electron chi connectivity index (χ3n) is 5.18. The summed E-state index contributed by atoms with van der Waals surface area (Å²) in [4.78, 5) is 0. The van der Waals surface area contributed by atoms with Gasteiger partial charge in [0.05, 0.1) is 0 Å². The standard InChI is InChI=1S/C19H29NS/c20-17(14-21-18-10-2-1-3-11-18)13-16-9-6-8-15-7-4-5-12-19(15)16/h4-5,7,12,16-18H,1-3,6,8-11,13-14,20H2. The molecule has 116 valence electrons. The average Bonchev–Trinajstić information content (AvgIpc) is 2.54. The van der Waals surface area contributed by atoms with E-state index in [2.05, 4.69) is 36.0 Å². The van der Waals surface area contributed by atoms with E-state index in [1.54, 1.807) is 11.1 Å². The molecule has 0 aromatic heterocycles. The van der Waals surface area contributed by atoms with Gasteiger partial charge in [0.1, 0.15) is 0 Å². The van der Waals surface area contributed by atoms with E-state index in [-0.39, 0.29) is 0 Å². The van der Waals surface area contributed by atoms with Crippen molar-refractivity contribution in [2.24, 2.45) is 5.73 Å². The fourth-order valence-corrected chi connectivity index (χ4v) is 5.35. The molecular formula is C19H29NS. The normalized spacial score (nSPS) is 24.5. The second-order valence-electron chi connectivity index (χ2n) is 6.88. The van der Waals surface area contributed by atoms with Crippen LogP contribution in [0.3, 0.4) is 0 Å². The third-order valence-corrected chi connectivity index (χ3v) is 6.74. The molecule has 2 atom stereocenters. The van der Waals surface area contributed by atoms with Crippen LogP contribution >= 0.6 is 11.8 Å². The summed E-state index contributed by atoms with van der Waals surface area (Å²) in [6, 6.07) is 9.39. The van der Waals surface area contributed by atoms with Crippen LogP contribution in [-0.2, 0) is 6.42 Å². The van der Waals surface area contributed by atoms with Crippen LogP contribution in [0.15, 0.2) is 24.3 Å². The molecular weight excluding hydrogens is 274 g/mol. The maximum Gasteiger partial charge on any atom is 0.0136 e. The lowest BCUT2D eigenvalue weighted by molar-refractivity contribution is 0.483. The Morgan fingerprint density at radius 2 is 1.86 bits per heavy atom. The lowest BCUT2D eigenvalue weighted by Crippen LogP contribution is -2.28. The highest BCUT2D eigenvalue weighted by Crippen LogP contribution is 2.35. The summed E-state index contributed by atoms with van der Waals surface area (Å²) in [5.74, 6) is 1.86. The number of nitrogens with two attached hydrogens (primary N) is 1. The minimum absolute atomic E-state index is 0.369. The molecule has 0 amide bonds. The van der Waals surface area contributed by atoms with Crippen LogP contribution in [0.2, 0.25) is 0 Å². The second kappa shape index (κ2) is 7.69. The van der Waals surface area contributed by atoms with Gasteiger partial charge in [0.2, 0.25) is 0 Å². The molecule has 2 aliphatic rings. The minimum atomic E-state index is 0.369. The molecule has 1 fully saturated rings. The maximum atomic E-state index is 6.46. The van der Waals surface area contributed by atoms with Gasteiger partial charge in [0.25, 0.3) is 0 Å². The van der Waals surface area contributed by atoms with Gasteiger partial charge in [0.15, 0.2) is 0 Å². The summed E-state index contributed by atoms with van der Waals surface area (Å²) in [5.41, 5.74) is 9.61. The zero-order valence-electron chi connectivity index (χ0n) is 13.1. The topological polar surface area (TPSA) is 26.0 Å². The first kappa shape index (κ1) is 15.4. The monoisotopic (exact) mass is 303 g/mol. The van der Waals surface area contributed by atoms with Crippen molar-refractivity contribution >= 4 is 11.8 Å². The van der Waals surface area contributed by atoms with Gasteiger partial charge in [-0.1, -0.05) is 43.5 Å². The summed E-state index contributed by atoms with van der Waals surface area (Å²) in [7, 11) is 0. The SMILES string of the molecule is NC(CSC1CCCCC1)CC1CCCc2ccccc21. The Balaban J connectivity index is 1.49. The predicted octanol–water partition coefficient (Wildman–Crippen LogP) is 4.89. The summed E-state index contributed by atoms with van der Waals surface area (Å²) in [5, 5.41) is 0.892. The van der Waals surface area contributed by atoms with E-state index in [4.69, 9.17) is 5.73 Å². The lowest BCUT2D eigenvalue weighted by atomic mass is 9.80. The molecule has 1 nitrogen and oxygen atoms in total. The molecule has 2 heteroatoms. The Morgan fingerprint density at radius 1 is 1.05 bits per heavy atom. The van der Waals surface area contributed by atoms with Crippen molar-refractivity contribution in [2.75, 3.05) is 5.75 Å². The van der Waals surface area contributed by atoms with Crippen molar-refractivity contribution in [3.63, 3.8) is 0 Å². The first-order valence-corrected chi connectivity index (χ1v) is 9.83. The van der Waals surface area contributed by atoms with Crippen LogP contribution in [-0.4, -0.2) is 17.0 Å². The molecule has 2 N–H and O–H groups in total. The quantitative estimate of drug-likeness (QED) is 0.838. The second-order valence-corrected chi connectivity index (χ2v) is 8.21. The van der Waals surface area contributed by atoms with Crippen LogP contribution in [0.25, 0.3) is 0 Å². The van der Waals surface area contributed by atoms with Gasteiger partial charge in [-0.15, -0.1) is 0 Å². The largest absolute Gasteiger partial charge is 0.327 e. The van der Waals surface area contributed by atoms with Crippen molar-refractivity contribution in [3.8, 4) is 0 Å². The Bertz CT molecular complexity index is 439. The molecule has 1 aromatic rings. The molecule has 3 rings (SSSR count). The lowest BCUT2D eigenvalue weighted by Gasteiger charge is -2.28. The van der Waals surface area contributed by atoms with Crippen LogP contribution in [0, 0.1) is 0 Å². The van der Waals surface area contributed by atoms with E-state index in [0.29, 0.717) is 12.0 Å². The molecule has 0 radical (unpaired) electrons. The number of fused-ring (bicyclic) bond motifs is 1. The number of hydrogen-bond donors (Lipinski definition) is 1. The highest BCUT2D eigenvalue weighted by Gasteiger charge is 2.22. The highest BCUT2D eigenvalue weighted by atomic mass is 32.2. The molecule has 1 saturated carbocycles. The molecule has 1 aromatic carbocycles. The first-order chi connectivity index (χ1) is 10.3. The van der Waals surface area contributed by atoms with E-state index in [1.165, 1.54) is 57.8 Å². The molecule has 0 heterocycles. The molecule has 2 aliphatic carbocycles. The minimum Gasteiger partial charge on any atom is -0.327 e. The Morgan fingerprint density at radius 3 is 2.71 bits per heavy atom. The van der Waals surface area contributed by atoms with Gasteiger partial charge in [-0.05, 0) is 55.6 Å². The van der Waals surface area contributed by atoms with Crippen molar-refractivity contribution in [1.29, 1.82) is 0 Å². The Hall–Kier alpha value is -0.470. The van der Waals surface area contributed by atoms with Crippen molar-refractivity contribution in [2.45, 2.75) is 75.0 Å². The molecule has 0 bridgehead atoms. The fraction of sp³-hybridized carbons (Fsp3) is 0.684. The maximum absolute atomic E-state index is 6.46. The number of rotatable bonds is 5. The van der Waals surface area contributed by atoms with Gasteiger partial charge < -0.3 is 5.73 Å². The Labute approximate surface area is 134 Å². The molecule has 0 aliphatic heterocycles. The van der Waals surface area contributed by atoms with Crippen LogP contribution < -0.4 is 5.73 Å².